The molecule has 0 nitrogen and oxygen atoms in total. The second kappa shape index (κ2) is 13.0. The van der Waals surface area contributed by atoms with Crippen LogP contribution in [0, 0.1) is 0 Å². The topological polar surface area (TPSA) is 0 Å². The molecule has 0 amide bonds. The van der Waals surface area contributed by atoms with Gasteiger partial charge in [0.2, 0.25) is 0 Å². The van der Waals surface area contributed by atoms with E-state index in [2.05, 4.69) is 50.0 Å². The molecule has 15 heavy (non-hydrogen) atoms. The van der Waals surface area contributed by atoms with Crippen molar-refractivity contribution in [3.05, 3.63) is 49.1 Å². The Kier molecular flexibility index (Phi) is 12.1. The average Bonchev–Trinajstić information content (AvgIpc) is 2.26. The van der Waals surface area contributed by atoms with Gasteiger partial charge in [-0.2, -0.15) is 0 Å². The highest BCUT2D eigenvalue weighted by molar-refractivity contribution is 4.91. The van der Waals surface area contributed by atoms with Crippen molar-refractivity contribution in [2.75, 3.05) is 0 Å². The number of unbranched alkanes of at least 4 members (excludes halogenated alkanes) is 3. The van der Waals surface area contributed by atoms with Crippen LogP contribution < -0.4 is 0 Å². The molecule has 0 radical (unpaired) electrons. The fraction of sp³-hybridized carbons (Fsp3) is 0.467. The van der Waals surface area contributed by atoms with Crippen molar-refractivity contribution in [2.24, 2.45) is 0 Å². The Morgan fingerprint density at radius 3 is 1.93 bits per heavy atom. The van der Waals surface area contributed by atoms with Gasteiger partial charge in [-0.15, -0.1) is 6.58 Å². The Balaban J connectivity index is 3.17. The van der Waals surface area contributed by atoms with E-state index < -0.39 is 0 Å². The largest absolute Gasteiger partial charge is 0.103 e. The molecular formula is C15H24. The molecule has 0 aliphatic carbocycles. The molecule has 0 aliphatic rings. The Morgan fingerprint density at radius 1 is 0.800 bits per heavy atom. The number of allylic oxidation sites excluding steroid dienone is 7. The van der Waals surface area contributed by atoms with Crippen LogP contribution >= 0.6 is 0 Å². The summed E-state index contributed by atoms with van der Waals surface area (Å²) in [6, 6.07) is 0. The van der Waals surface area contributed by atoms with Crippen molar-refractivity contribution in [1.29, 1.82) is 0 Å². The van der Waals surface area contributed by atoms with Gasteiger partial charge in [0.05, 0.1) is 0 Å². The summed E-state index contributed by atoms with van der Waals surface area (Å²) >= 11 is 0. The number of rotatable bonds is 9. The van der Waals surface area contributed by atoms with E-state index in [9.17, 15) is 0 Å². The molecule has 0 unspecified atom stereocenters. The van der Waals surface area contributed by atoms with E-state index in [-0.39, 0.29) is 0 Å². The minimum absolute atomic E-state index is 1.00. The Morgan fingerprint density at radius 2 is 1.40 bits per heavy atom. The van der Waals surface area contributed by atoms with Gasteiger partial charge in [-0.1, -0.05) is 42.5 Å². The van der Waals surface area contributed by atoms with E-state index in [1.54, 1.807) is 0 Å². The standard InChI is InChI=1S/C15H24/c1-3-5-7-9-11-13-15-14-12-10-8-6-4-2/h3-4,6-7,9-10,12H,1,5,8,11,13-15H2,2H3. The van der Waals surface area contributed by atoms with Crippen LogP contribution in [0.3, 0.4) is 0 Å². The van der Waals surface area contributed by atoms with Crippen molar-refractivity contribution in [3.8, 4) is 0 Å². The van der Waals surface area contributed by atoms with Gasteiger partial charge in [0.1, 0.15) is 0 Å². The first-order valence-electron chi connectivity index (χ1n) is 5.94. The summed E-state index contributed by atoms with van der Waals surface area (Å²) in [6.07, 6.45) is 22.3. The molecule has 84 valence electrons. The normalized spacial score (nSPS) is 12.1. The van der Waals surface area contributed by atoms with Crippen LogP contribution in [0.2, 0.25) is 0 Å². The van der Waals surface area contributed by atoms with Gasteiger partial charge in [-0.05, 0) is 45.4 Å². The maximum Gasteiger partial charge on any atom is -0.0169 e. The van der Waals surface area contributed by atoms with Crippen LogP contribution in [0.15, 0.2) is 49.1 Å². The third-order valence-corrected chi connectivity index (χ3v) is 2.14. The average molecular weight is 204 g/mol. The molecule has 0 aromatic carbocycles. The summed E-state index contributed by atoms with van der Waals surface area (Å²) in [5.41, 5.74) is 0. The molecule has 0 aromatic rings. The molecule has 0 spiro atoms. The minimum atomic E-state index is 1.00. The predicted molar refractivity (Wildman–Crippen MR) is 71.0 cm³/mol. The monoisotopic (exact) mass is 204 g/mol. The minimum Gasteiger partial charge on any atom is -0.103 e. The predicted octanol–water partition coefficient (Wildman–Crippen LogP) is 5.20. The lowest BCUT2D eigenvalue weighted by molar-refractivity contribution is 0.760. The maximum atomic E-state index is 3.68. The summed E-state index contributed by atoms with van der Waals surface area (Å²) in [7, 11) is 0. The zero-order chi connectivity index (χ0) is 11.2. The maximum absolute atomic E-state index is 3.68. The summed E-state index contributed by atoms with van der Waals surface area (Å²) in [5, 5.41) is 0. The van der Waals surface area contributed by atoms with Crippen molar-refractivity contribution < 1.29 is 0 Å². The van der Waals surface area contributed by atoms with E-state index in [1.165, 1.54) is 25.7 Å². The van der Waals surface area contributed by atoms with Crippen LogP contribution in [0.25, 0.3) is 0 Å². The summed E-state index contributed by atoms with van der Waals surface area (Å²) in [5.74, 6) is 0. The SMILES string of the molecule is C=CCC=CCCCCC=CCC=CC. The Hall–Kier alpha value is -1.04. The smallest absolute Gasteiger partial charge is 0.0169 e. The molecule has 0 heteroatoms. The molecule has 0 aliphatic heterocycles. The molecular weight excluding hydrogens is 180 g/mol. The Bertz CT molecular complexity index is 206. The Labute approximate surface area is 95.1 Å². The van der Waals surface area contributed by atoms with E-state index in [0.717, 1.165) is 12.8 Å². The highest BCUT2D eigenvalue weighted by Crippen LogP contribution is 2.02. The van der Waals surface area contributed by atoms with Crippen LogP contribution in [-0.2, 0) is 0 Å². The molecule has 0 N–H and O–H groups in total. The first kappa shape index (κ1) is 14.0. The van der Waals surface area contributed by atoms with Gasteiger partial charge >= 0.3 is 0 Å². The lowest BCUT2D eigenvalue weighted by Gasteiger charge is -1.92. The molecule has 0 atom stereocenters. The van der Waals surface area contributed by atoms with Gasteiger partial charge in [-0.25, -0.2) is 0 Å². The van der Waals surface area contributed by atoms with Crippen LogP contribution in [0.4, 0.5) is 0 Å². The molecule has 0 saturated carbocycles. The van der Waals surface area contributed by atoms with Gasteiger partial charge < -0.3 is 0 Å². The van der Waals surface area contributed by atoms with E-state index in [0.29, 0.717) is 0 Å². The summed E-state index contributed by atoms with van der Waals surface area (Å²) < 4.78 is 0. The van der Waals surface area contributed by atoms with Gasteiger partial charge in [-0.3, -0.25) is 0 Å². The first-order valence-corrected chi connectivity index (χ1v) is 5.94. The molecule has 0 heterocycles. The van der Waals surface area contributed by atoms with Gasteiger partial charge in [0, 0.05) is 0 Å². The fourth-order valence-electron chi connectivity index (χ4n) is 1.26. The molecule has 0 rings (SSSR count). The van der Waals surface area contributed by atoms with Gasteiger partial charge in [0.15, 0.2) is 0 Å². The van der Waals surface area contributed by atoms with Crippen molar-refractivity contribution in [2.45, 2.75) is 45.4 Å². The summed E-state index contributed by atoms with van der Waals surface area (Å²) in [4.78, 5) is 0. The van der Waals surface area contributed by atoms with E-state index in [4.69, 9.17) is 0 Å². The van der Waals surface area contributed by atoms with Gasteiger partial charge in [0.25, 0.3) is 0 Å². The highest BCUT2D eigenvalue weighted by Gasteiger charge is 1.82. The molecule has 0 saturated heterocycles. The highest BCUT2D eigenvalue weighted by atomic mass is 13.9. The van der Waals surface area contributed by atoms with Crippen LogP contribution in [0.1, 0.15) is 45.4 Å². The van der Waals surface area contributed by atoms with Crippen molar-refractivity contribution in [1.82, 2.24) is 0 Å². The quantitative estimate of drug-likeness (QED) is 0.357. The molecule has 0 fully saturated rings. The van der Waals surface area contributed by atoms with Crippen LogP contribution in [0.5, 0.6) is 0 Å². The van der Waals surface area contributed by atoms with Crippen LogP contribution in [-0.4, -0.2) is 0 Å². The van der Waals surface area contributed by atoms with E-state index >= 15 is 0 Å². The second-order valence-corrected chi connectivity index (χ2v) is 3.56. The third kappa shape index (κ3) is 13.0. The molecule has 0 aromatic heterocycles. The van der Waals surface area contributed by atoms with Crippen molar-refractivity contribution >= 4 is 0 Å². The zero-order valence-corrected chi connectivity index (χ0v) is 9.99. The van der Waals surface area contributed by atoms with Crippen molar-refractivity contribution in [3.63, 3.8) is 0 Å². The first-order chi connectivity index (χ1) is 7.41. The second-order valence-electron chi connectivity index (χ2n) is 3.56. The number of hydrogen-bond donors (Lipinski definition) is 0. The fourth-order valence-corrected chi connectivity index (χ4v) is 1.26. The lowest BCUT2D eigenvalue weighted by atomic mass is 10.1. The summed E-state index contributed by atoms with van der Waals surface area (Å²) in [6.45, 7) is 5.74. The zero-order valence-electron chi connectivity index (χ0n) is 9.99. The van der Waals surface area contributed by atoms with E-state index in [1.807, 2.05) is 6.08 Å². The molecule has 0 bridgehead atoms. The third-order valence-electron chi connectivity index (χ3n) is 2.14. The lowest BCUT2D eigenvalue weighted by Crippen LogP contribution is -1.72. The number of hydrogen-bond acceptors (Lipinski definition) is 0.